The van der Waals surface area contributed by atoms with E-state index in [1.807, 2.05) is 13.8 Å². The fourth-order valence-corrected chi connectivity index (χ4v) is 2.32. The first-order valence-electron chi connectivity index (χ1n) is 6.20. The van der Waals surface area contributed by atoms with Crippen molar-refractivity contribution < 1.29 is 4.79 Å². The molecule has 112 valence electrons. The zero-order valence-electron chi connectivity index (χ0n) is 11.6. The molecule has 21 heavy (non-hydrogen) atoms. The second-order valence-electron chi connectivity index (χ2n) is 5.20. The Balaban J connectivity index is 2.03. The Morgan fingerprint density at radius 1 is 1.52 bits per heavy atom. The molecule has 6 nitrogen and oxygen atoms in total. The first-order chi connectivity index (χ1) is 9.75. The van der Waals surface area contributed by atoms with E-state index in [9.17, 15) is 4.79 Å². The van der Waals surface area contributed by atoms with Crippen molar-refractivity contribution in [2.24, 2.45) is 5.73 Å². The first kappa shape index (κ1) is 15.9. The molecule has 1 aromatic heterocycles. The molecule has 0 unspecified atom stereocenters. The summed E-state index contributed by atoms with van der Waals surface area (Å²) < 4.78 is 2.28. The van der Waals surface area contributed by atoms with Crippen molar-refractivity contribution in [3.05, 3.63) is 39.6 Å². The van der Waals surface area contributed by atoms with Crippen LogP contribution in [0, 0.1) is 0 Å². The number of hydrogen-bond acceptors (Lipinski definition) is 4. The van der Waals surface area contributed by atoms with Gasteiger partial charge in [0, 0.05) is 4.47 Å². The van der Waals surface area contributed by atoms with E-state index in [-0.39, 0.29) is 12.5 Å². The SMILES string of the molecule is CC(C)(N)c1cn(CC(=O)Nc2ccc(Br)cc2Cl)nn1. The summed E-state index contributed by atoms with van der Waals surface area (Å²) in [6.07, 6.45) is 1.66. The van der Waals surface area contributed by atoms with Gasteiger partial charge in [-0.25, -0.2) is 4.68 Å². The molecule has 0 aliphatic carbocycles. The van der Waals surface area contributed by atoms with E-state index in [0.717, 1.165) is 4.47 Å². The Kier molecular flexibility index (Phi) is 4.65. The topological polar surface area (TPSA) is 85.8 Å². The molecule has 2 aromatic rings. The molecule has 0 fully saturated rings. The summed E-state index contributed by atoms with van der Waals surface area (Å²) in [4.78, 5) is 12.0. The molecule has 0 spiro atoms. The van der Waals surface area contributed by atoms with Gasteiger partial charge in [-0.2, -0.15) is 0 Å². The number of carbonyl (C=O) groups is 1. The highest BCUT2D eigenvalue weighted by Crippen LogP contribution is 2.25. The minimum Gasteiger partial charge on any atom is -0.323 e. The van der Waals surface area contributed by atoms with E-state index in [0.29, 0.717) is 16.4 Å². The zero-order chi connectivity index (χ0) is 15.6. The van der Waals surface area contributed by atoms with Gasteiger partial charge in [0.1, 0.15) is 12.2 Å². The maximum absolute atomic E-state index is 12.0. The normalized spacial score (nSPS) is 11.5. The number of benzene rings is 1. The average Bonchev–Trinajstić information content (AvgIpc) is 2.81. The predicted molar refractivity (Wildman–Crippen MR) is 85.0 cm³/mol. The van der Waals surface area contributed by atoms with Crippen LogP contribution in [0.15, 0.2) is 28.9 Å². The van der Waals surface area contributed by atoms with Gasteiger partial charge in [-0.1, -0.05) is 32.7 Å². The van der Waals surface area contributed by atoms with E-state index in [2.05, 4.69) is 31.6 Å². The van der Waals surface area contributed by atoms with Gasteiger partial charge in [0.05, 0.1) is 22.4 Å². The second-order valence-corrected chi connectivity index (χ2v) is 6.52. The van der Waals surface area contributed by atoms with Crippen molar-refractivity contribution in [3.63, 3.8) is 0 Å². The lowest BCUT2D eigenvalue weighted by Crippen LogP contribution is -2.29. The lowest BCUT2D eigenvalue weighted by Gasteiger charge is -2.13. The van der Waals surface area contributed by atoms with Crippen LogP contribution in [0.1, 0.15) is 19.5 Å². The Morgan fingerprint density at radius 3 is 2.81 bits per heavy atom. The van der Waals surface area contributed by atoms with Crippen molar-refractivity contribution >= 4 is 39.1 Å². The van der Waals surface area contributed by atoms with E-state index in [4.69, 9.17) is 17.3 Å². The van der Waals surface area contributed by atoms with Crippen molar-refractivity contribution in [2.45, 2.75) is 25.9 Å². The van der Waals surface area contributed by atoms with Gasteiger partial charge in [-0.05, 0) is 32.0 Å². The number of anilines is 1. The number of aromatic nitrogens is 3. The molecule has 0 aliphatic rings. The molecule has 2 rings (SSSR count). The molecule has 0 atom stereocenters. The van der Waals surface area contributed by atoms with Gasteiger partial charge in [0.2, 0.25) is 5.91 Å². The summed E-state index contributed by atoms with van der Waals surface area (Å²) in [5.41, 5.74) is 6.49. The summed E-state index contributed by atoms with van der Waals surface area (Å²) in [5, 5.41) is 11.0. The molecule has 0 bridgehead atoms. The predicted octanol–water partition coefficient (Wildman–Crippen LogP) is 2.53. The quantitative estimate of drug-likeness (QED) is 0.863. The highest BCUT2D eigenvalue weighted by atomic mass is 79.9. The zero-order valence-corrected chi connectivity index (χ0v) is 13.9. The Morgan fingerprint density at radius 2 is 2.24 bits per heavy atom. The summed E-state index contributed by atoms with van der Waals surface area (Å²) >= 11 is 9.35. The van der Waals surface area contributed by atoms with E-state index in [1.54, 1.807) is 24.4 Å². The average molecular weight is 373 g/mol. The summed E-state index contributed by atoms with van der Waals surface area (Å²) in [6.45, 7) is 3.68. The van der Waals surface area contributed by atoms with Crippen LogP contribution in [-0.2, 0) is 16.9 Å². The Hall–Kier alpha value is -1.44. The minimum atomic E-state index is -0.594. The van der Waals surface area contributed by atoms with Gasteiger partial charge in [-0.15, -0.1) is 5.10 Å². The highest BCUT2D eigenvalue weighted by molar-refractivity contribution is 9.10. The summed E-state index contributed by atoms with van der Waals surface area (Å²) in [6, 6.07) is 5.23. The van der Waals surface area contributed by atoms with Gasteiger partial charge >= 0.3 is 0 Å². The third kappa shape index (κ3) is 4.26. The van der Waals surface area contributed by atoms with Crippen LogP contribution in [0.3, 0.4) is 0 Å². The van der Waals surface area contributed by atoms with Gasteiger partial charge in [-0.3, -0.25) is 4.79 Å². The maximum Gasteiger partial charge on any atom is 0.246 e. The van der Waals surface area contributed by atoms with Crippen LogP contribution >= 0.6 is 27.5 Å². The number of hydrogen-bond donors (Lipinski definition) is 2. The monoisotopic (exact) mass is 371 g/mol. The highest BCUT2D eigenvalue weighted by Gasteiger charge is 2.19. The van der Waals surface area contributed by atoms with Gasteiger partial charge in [0.15, 0.2) is 0 Å². The third-order valence-corrected chi connectivity index (χ3v) is 3.52. The smallest absolute Gasteiger partial charge is 0.246 e. The Bertz CT molecular complexity index is 665. The van der Waals surface area contributed by atoms with E-state index in [1.165, 1.54) is 4.68 Å². The van der Waals surface area contributed by atoms with Crippen molar-refractivity contribution in [1.29, 1.82) is 0 Å². The van der Waals surface area contributed by atoms with Crippen molar-refractivity contribution in [2.75, 3.05) is 5.32 Å². The minimum absolute atomic E-state index is 0.0372. The van der Waals surface area contributed by atoms with E-state index < -0.39 is 5.54 Å². The van der Waals surface area contributed by atoms with Crippen LogP contribution < -0.4 is 11.1 Å². The molecule has 1 amide bonds. The number of halogens is 2. The molecule has 0 saturated carbocycles. The molecule has 1 aromatic carbocycles. The number of carbonyl (C=O) groups excluding carboxylic acids is 1. The van der Waals surface area contributed by atoms with Crippen molar-refractivity contribution in [1.82, 2.24) is 15.0 Å². The molecular formula is C13H15BrClN5O. The molecule has 3 N–H and O–H groups in total. The number of amides is 1. The van der Waals surface area contributed by atoms with Crippen LogP contribution in [0.4, 0.5) is 5.69 Å². The number of nitrogens with two attached hydrogens (primary N) is 1. The molecular weight excluding hydrogens is 358 g/mol. The molecule has 1 heterocycles. The third-order valence-electron chi connectivity index (χ3n) is 2.71. The van der Waals surface area contributed by atoms with Gasteiger partial charge < -0.3 is 11.1 Å². The molecule has 0 aliphatic heterocycles. The summed E-state index contributed by atoms with van der Waals surface area (Å²) in [7, 11) is 0. The van der Waals surface area contributed by atoms with Crippen molar-refractivity contribution in [3.8, 4) is 0 Å². The molecule has 8 heteroatoms. The van der Waals surface area contributed by atoms with Crippen LogP contribution in [0.25, 0.3) is 0 Å². The molecule has 0 saturated heterocycles. The number of rotatable bonds is 4. The first-order valence-corrected chi connectivity index (χ1v) is 7.37. The second kappa shape index (κ2) is 6.13. The standard InChI is InChI=1S/C13H15BrClN5O/c1-13(2,16)11-6-20(19-18-11)7-12(21)17-10-4-3-8(14)5-9(10)15/h3-6H,7,16H2,1-2H3,(H,17,21). The lowest BCUT2D eigenvalue weighted by atomic mass is 10.0. The van der Waals surface area contributed by atoms with E-state index >= 15 is 0 Å². The van der Waals surface area contributed by atoms with Gasteiger partial charge in [0.25, 0.3) is 0 Å². The fourth-order valence-electron chi connectivity index (χ4n) is 1.60. The largest absolute Gasteiger partial charge is 0.323 e. The maximum atomic E-state index is 12.0. The lowest BCUT2D eigenvalue weighted by molar-refractivity contribution is -0.116. The fraction of sp³-hybridized carbons (Fsp3) is 0.308. The van der Waals surface area contributed by atoms with Crippen LogP contribution in [0.5, 0.6) is 0 Å². The number of nitrogens with zero attached hydrogens (tertiary/aromatic N) is 3. The molecule has 0 radical (unpaired) electrons. The van der Waals surface area contributed by atoms with Crippen LogP contribution in [0.2, 0.25) is 5.02 Å². The van der Waals surface area contributed by atoms with Crippen LogP contribution in [-0.4, -0.2) is 20.9 Å². The Labute approximate surface area is 135 Å². The summed E-state index contributed by atoms with van der Waals surface area (Å²) in [5.74, 6) is -0.245. The number of nitrogens with one attached hydrogen (secondary N) is 1.